The van der Waals surface area contributed by atoms with Crippen molar-refractivity contribution in [1.29, 1.82) is 0 Å². The van der Waals surface area contributed by atoms with Gasteiger partial charge in [0.15, 0.2) is 0 Å². The van der Waals surface area contributed by atoms with Crippen LogP contribution in [0.3, 0.4) is 0 Å². The predicted octanol–water partition coefficient (Wildman–Crippen LogP) is 2.44. The van der Waals surface area contributed by atoms with Gasteiger partial charge in [0.1, 0.15) is 0 Å². The highest BCUT2D eigenvalue weighted by Gasteiger charge is 2.11. The molecule has 2 rings (SSSR count). The molecule has 0 amide bonds. The molecular weight excluding hydrogens is 216 g/mol. The van der Waals surface area contributed by atoms with E-state index in [2.05, 4.69) is 20.9 Å². The molecule has 1 aliphatic rings. The minimum absolute atomic E-state index is 0.0420. The summed E-state index contributed by atoms with van der Waals surface area (Å²) in [6, 6.07) is 1.36. The summed E-state index contributed by atoms with van der Waals surface area (Å²) in [6.45, 7) is -5.75. The summed E-state index contributed by atoms with van der Waals surface area (Å²) in [5, 5.41) is 0. The second kappa shape index (κ2) is 3.44. The van der Waals surface area contributed by atoms with Gasteiger partial charge < -0.3 is 4.90 Å². The number of rotatable bonds is 1. The van der Waals surface area contributed by atoms with E-state index in [1.807, 2.05) is 0 Å². The van der Waals surface area contributed by atoms with Gasteiger partial charge in [-0.2, -0.15) is 0 Å². The largest absolute Gasteiger partial charge is 0.370 e. The van der Waals surface area contributed by atoms with E-state index in [1.165, 1.54) is 12.3 Å². The van der Waals surface area contributed by atoms with Crippen molar-refractivity contribution in [1.82, 2.24) is 4.98 Å². The molecule has 0 saturated carbocycles. The molecule has 1 aromatic heterocycles. The standard InChI is InChI=1S/C9H11BrN2/c10-8-5-9(7-11-6-8)12-3-1-2-4-12/h5-7H,1-4H2/i1D2,2D2,3D2,4D2. The maximum absolute atomic E-state index is 7.86. The van der Waals surface area contributed by atoms with Gasteiger partial charge >= 0.3 is 0 Å². The molecule has 0 N–H and O–H groups in total. The van der Waals surface area contributed by atoms with Crippen molar-refractivity contribution in [3.05, 3.63) is 22.9 Å². The van der Waals surface area contributed by atoms with Gasteiger partial charge in [-0.05, 0) is 34.7 Å². The molecule has 3 heteroatoms. The van der Waals surface area contributed by atoms with Crippen LogP contribution in [0.15, 0.2) is 22.9 Å². The lowest BCUT2D eigenvalue weighted by molar-refractivity contribution is 0.949. The molecule has 12 heavy (non-hydrogen) atoms. The van der Waals surface area contributed by atoms with Crippen LogP contribution in [0.1, 0.15) is 23.7 Å². The molecule has 1 aliphatic heterocycles. The second-order valence-electron chi connectivity index (χ2n) is 2.17. The van der Waals surface area contributed by atoms with Gasteiger partial charge in [-0.25, -0.2) is 0 Å². The van der Waals surface area contributed by atoms with Crippen LogP contribution in [0.2, 0.25) is 0 Å². The fraction of sp³-hybridized carbons (Fsp3) is 0.444. The zero-order valence-electron chi connectivity index (χ0n) is 14.0. The molecule has 0 radical (unpaired) electrons. The van der Waals surface area contributed by atoms with Gasteiger partial charge in [0.2, 0.25) is 0 Å². The van der Waals surface area contributed by atoms with Crippen molar-refractivity contribution >= 4 is 21.6 Å². The maximum atomic E-state index is 7.86. The van der Waals surface area contributed by atoms with Gasteiger partial charge in [-0.1, -0.05) is 0 Å². The first kappa shape index (κ1) is 2.98. The highest BCUT2D eigenvalue weighted by molar-refractivity contribution is 9.10. The topological polar surface area (TPSA) is 16.1 Å². The Morgan fingerprint density at radius 2 is 2.17 bits per heavy atom. The van der Waals surface area contributed by atoms with E-state index < -0.39 is 25.7 Å². The fourth-order valence-corrected chi connectivity index (χ4v) is 1.20. The van der Waals surface area contributed by atoms with Crippen LogP contribution in [0.5, 0.6) is 0 Å². The van der Waals surface area contributed by atoms with Crippen molar-refractivity contribution in [2.45, 2.75) is 12.7 Å². The summed E-state index contributed by atoms with van der Waals surface area (Å²) in [6.07, 6.45) is -3.50. The second-order valence-corrected chi connectivity index (χ2v) is 3.09. The molecule has 0 spiro atoms. The quantitative estimate of drug-likeness (QED) is 0.743. The third-order valence-electron chi connectivity index (χ3n) is 1.35. The predicted molar refractivity (Wildman–Crippen MR) is 53.4 cm³/mol. The molecule has 2 nitrogen and oxygen atoms in total. The SMILES string of the molecule is [2H]C1([2H])N(c2cncc(Br)c2)C([2H])([2H])C([2H])([2H])C1([2H])[2H]. The number of hydrogen-bond donors (Lipinski definition) is 0. The summed E-state index contributed by atoms with van der Waals surface area (Å²) in [5.41, 5.74) is -0.0420. The number of anilines is 1. The van der Waals surface area contributed by atoms with Crippen LogP contribution in [0.25, 0.3) is 0 Å². The van der Waals surface area contributed by atoms with Crippen LogP contribution in [-0.4, -0.2) is 18.0 Å². The smallest absolute Gasteiger partial charge is 0.0564 e. The Labute approximate surface area is 92.0 Å². The van der Waals surface area contributed by atoms with Crippen LogP contribution >= 0.6 is 15.9 Å². The van der Waals surface area contributed by atoms with Gasteiger partial charge in [-0.15, -0.1) is 0 Å². The first-order valence-electron chi connectivity index (χ1n) is 7.28. The van der Waals surface area contributed by atoms with E-state index in [4.69, 9.17) is 11.0 Å². The van der Waals surface area contributed by atoms with E-state index in [0.29, 0.717) is 9.37 Å². The third kappa shape index (κ3) is 1.61. The Morgan fingerprint density at radius 1 is 1.42 bits per heavy atom. The van der Waals surface area contributed by atoms with Crippen LogP contribution < -0.4 is 4.90 Å². The Hall–Kier alpha value is -0.570. The average molecular weight is 235 g/mol. The van der Waals surface area contributed by atoms with Gasteiger partial charge in [0.25, 0.3) is 0 Å². The molecule has 0 aromatic carbocycles. The lowest BCUT2D eigenvalue weighted by atomic mass is 10.4. The normalized spacial score (nSPS) is 43.6. The van der Waals surface area contributed by atoms with Crippen molar-refractivity contribution in [3.8, 4) is 0 Å². The molecule has 0 unspecified atom stereocenters. The summed E-state index contributed by atoms with van der Waals surface area (Å²) >= 11 is 3.12. The van der Waals surface area contributed by atoms with Gasteiger partial charge in [-0.3, -0.25) is 4.98 Å². The van der Waals surface area contributed by atoms with Gasteiger partial charge in [0, 0.05) is 34.6 Å². The Kier molecular flexibility index (Phi) is 0.853. The highest BCUT2D eigenvalue weighted by atomic mass is 79.9. The number of hydrogen-bond acceptors (Lipinski definition) is 2. The zero-order valence-corrected chi connectivity index (χ0v) is 7.59. The number of nitrogens with zero attached hydrogens (tertiary/aromatic N) is 2. The Bertz CT molecular complexity index is 521. The fourth-order valence-electron chi connectivity index (χ4n) is 0.848. The summed E-state index contributed by atoms with van der Waals surface area (Å²) in [7, 11) is 0. The Balaban J connectivity index is 2.69. The van der Waals surface area contributed by atoms with Crippen LogP contribution in [0.4, 0.5) is 5.69 Å². The molecule has 0 aliphatic carbocycles. The summed E-state index contributed by atoms with van der Waals surface area (Å²) < 4.78 is 62.6. The zero-order chi connectivity index (χ0) is 15.6. The lowest BCUT2D eigenvalue weighted by Crippen LogP contribution is -2.17. The minimum Gasteiger partial charge on any atom is -0.370 e. The first-order chi connectivity index (χ1) is 8.87. The van der Waals surface area contributed by atoms with E-state index in [0.717, 1.165) is 6.20 Å². The van der Waals surface area contributed by atoms with E-state index >= 15 is 0 Å². The molecule has 64 valence electrons. The maximum Gasteiger partial charge on any atom is 0.0564 e. The van der Waals surface area contributed by atoms with Crippen molar-refractivity contribution < 1.29 is 11.0 Å². The number of pyridine rings is 1. The summed E-state index contributed by atoms with van der Waals surface area (Å²) in [4.78, 5) is 4.26. The highest BCUT2D eigenvalue weighted by Crippen LogP contribution is 2.21. The number of halogens is 1. The molecule has 1 fully saturated rings. The van der Waals surface area contributed by atoms with Gasteiger partial charge in [0.05, 0.1) is 11.9 Å². The first-order valence-corrected chi connectivity index (χ1v) is 4.07. The van der Waals surface area contributed by atoms with E-state index in [9.17, 15) is 0 Å². The average Bonchev–Trinajstić information content (AvgIpc) is 2.33. The molecule has 1 saturated heterocycles. The van der Waals surface area contributed by atoms with E-state index in [-0.39, 0.29) is 5.69 Å². The van der Waals surface area contributed by atoms with Crippen molar-refractivity contribution in [2.75, 3.05) is 17.9 Å². The van der Waals surface area contributed by atoms with Crippen molar-refractivity contribution in [2.24, 2.45) is 0 Å². The van der Waals surface area contributed by atoms with Crippen LogP contribution in [0, 0.1) is 0 Å². The monoisotopic (exact) mass is 234 g/mol. The van der Waals surface area contributed by atoms with Crippen LogP contribution in [-0.2, 0) is 0 Å². The summed E-state index contributed by atoms with van der Waals surface area (Å²) in [5.74, 6) is 0. The molecule has 0 bridgehead atoms. The van der Waals surface area contributed by atoms with Crippen molar-refractivity contribution in [3.63, 3.8) is 0 Å². The lowest BCUT2D eigenvalue weighted by Gasteiger charge is -2.16. The minimum atomic E-state index is -3.04. The Morgan fingerprint density at radius 3 is 2.83 bits per heavy atom. The molecule has 0 atom stereocenters. The molecule has 2 heterocycles. The molecule has 1 aromatic rings. The molecular formula is C9H11BrN2. The number of aromatic nitrogens is 1. The van der Waals surface area contributed by atoms with E-state index in [1.54, 1.807) is 0 Å². The third-order valence-corrected chi connectivity index (χ3v) is 1.78.